The van der Waals surface area contributed by atoms with Gasteiger partial charge in [-0.25, -0.2) is 9.50 Å². The molecule has 0 spiro atoms. The number of carbonyl (C=O) groups excluding carboxylic acids is 1. The van der Waals surface area contributed by atoms with E-state index >= 15 is 0 Å². The standard InChI is InChI=1S/C14H21N5O/c1-9-11(6-7-12(20)18-14(3,4)5)10(2)19-13(17-9)15-8-16-19/h8H,6-7H2,1-5H3,(H,18,20). The van der Waals surface area contributed by atoms with Crippen LogP contribution in [-0.4, -0.2) is 31.0 Å². The predicted octanol–water partition coefficient (Wildman–Crippen LogP) is 1.59. The Labute approximate surface area is 118 Å². The first-order chi connectivity index (χ1) is 9.28. The lowest BCUT2D eigenvalue weighted by molar-refractivity contribution is -0.122. The van der Waals surface area contributed by atoms with E-state index in [-0.39, 0.29) is 11.4 Å². The molecular weight excluding hydrogens is 254 g/mol. The molecule has 2 aromatic rings. The van der Waals surface area contributed by atoms with E-state index in [0.717, 1.165) is 17.0 Å². The molecule has 0 radical (unpaired) electrons. The van der Waals surface area contributed by atoms with E-state index in [4.69, 9.17) is 0 Å². The largest absolute Gasteiger partial charge is 0.351 e. The first-order valence-electron chi connectivity index (χ1n) is 6.75. The number of fused-ring (bicyclic) bond motifs is 1. The molecule has 0 aliphatic rings. The summed E-state index contributed by atoms with van der Waals surface area (Å²) < 4.78 is 1.71. The fourth-order valence-corrected chi connectivity index (χ4v) is 2.24. The number of hydrogen-bond acceptors (Lipinski definition) is 4. The fourth-order valence-electron chi connectivity index (χ4n) is 2.24. The SMILES string of the molecule is Cc1nc2ncnn2c(C)c1CCC(=O)NC(C)(C)C. The number of aryl methyl sites for hydroxylation is 2. The van der Waals surface area contributed by atoms with Gasteiger partial charge in [-0.2, -0.15) is 10.1 Å². The molecule has 1 N–H and O–H groups in total. The summed E-state index contributed by atoms with van der Waals surface area (Å²) in [5.74, 6) is 0.651. The van der Waals surface area contributed by atoms with Crippen LogP contribution in [0.25, 0.3) is 5.78 Å². The minimum absolute atomic E-state index is 0.0509. The van der Waals surface area contributed by atoms with Crippen molar-refractivity contribution in [2.45, 2.75) is 53.0 Å². The molecule has 0 atom stereocenters. The number of nitrogens with one attached hydrogen (secondary N) is 1. The van der Waals surface area contributed by atoms with E-state index in [9.17, 15) is 4.79 Å². The summed E-state index contributed by atoms with van der Waals surface area (Å²) in [4.78, 5) is 20.4. The first-order valence-corrected chi connectivity index (χ1v) is 6.75. The van der Waals surface area contributed by atoms with Crippen LogP contribution in [0.4, 0.5) is 0 Å². The maximum atomic E-state index is 11.9. The van der Waals surface area contributed by atoms with Gasteiger partial charge < -0.3 is 5.32 Å². The summed E-state index contributed by atoms with van der Waals surface area (Å²) in [6.45, 7) is 9.85. The zero-order chi connectivity index (χ0) is 14.9. The quantitative estimate of drug-likeness (QED) is 0.923. The van der Waals surface area contributed by atoms with Crippen molar-refractivity contribution in [3.8, 4) is 0 Å². The Morgan fingerprint density at radius 3 is 2.70 bits per heavy atom. The monoisotopic (exact) mass is 275 g/mol. The number of nitrogens with zero attached hydrogens (tertiary/aromatic N) is 4. The molecule has 20 heavy (non-hydrogen) atoms. The van der Waals surface area contributed by atoms with Crippen LogP contribution in [0, 0.1) is 13.8 Å². The van der Waals surface area contributed by atoms with Gasteiger partial charge in [-0.1, -0.05) is 0 Å². The van der Waals surface area contributed by atoms with E-state index < -0.39 is 0 Å². The number of aromatic nitrogens is 4. The molecule has 2 aromatic heterocycles. The molecule has 0 saturated carbocycles. The second kappa shape index (κ2) is 5.19. The molecule has 1 amide bonds. The second-order valence-corrected chi connectivity index (χ2v) is 6.03. The molecule has 2 rings (SSSR count). The van der Waals surface area contributed by atoms with E-state index in [0.29, 0.717) is 18.6 Å². The topological polar surface area (TPSA) is 72.2 Å². The number of carbonyl (C=O) groups is 1. The third-order valence-electron chi connectivity index (χ3n) is 3.11. The van der Waals surface area contributed by atoms with E-state index in [1.165, 1.54) is 6.33 Å². The summed E-state index contributed by atoms with van der Waals surface area (Å²) in [6, 6.07) is 0. The molecule has 0 aliphatic heterocycles. The highest BCUT2D eigenvalue weighted by atomic mass is 16.1. The average molecular weight is 275 g/mol. The Morgan fingerprint density at radius 1 is 1.35 bits per heavy atom. The third kappa shape index (κ3) is 3.12. The van der Waals surface area contributed by atoms with Gasteiger partial charge >= 0.3 is 0 Å². The normalized spacial score (nSPS) is 11.8. The highest BCUT2D eigenvalue weighted by molar-refractivity contribution is 5.77. The first kappa shape index (κ1) is 14.4. The number of hydrogen-bond donors (Lipinski definition) is 1. The van der Waals surface area contributed by atoms with Gasteiger partial charge in [0.2, 0.25) is 5.91 Å². The van der Waals surface area contributed by atoms with Gasteiger partial charge in [-0.3, -0.25) is 4.79 Å². The second-order valence-electron chi connectivity index (χ2n) is 6.03. The maximum Gasteiger partial charge on any atom is 0.252 e. The molecule has 0 fully saturated rings. The molecule has 0 unspecified atom stereocenters. The lowest BCUT2D eigenvalue weighted by atomic mass is 10.0. The van der Waals surface area contributed by atoms with Crippen molar-refractivity contribution in [3.63, 3.8) is 0 Å². The Kier molecular flexibility index (Phi) is 3.74. The molecule has 108 valence electrons. The molecule has 6 nitrogen and oxygen atoms in total. The molecule has 0 saturated heterocycles. The zero-order valence-electron chi connectivity index (χ0n) is 12.7. The van der Waals surface area contributed by atoms with Crippen molar-refractivity contribution in [1.29, 1.82) is 0 Å². The fraction of sp³-hybridized carbons (Fsp3) is 0.571. The number of rotatable bonds is 3. The minimum atomic E-state index is -0.199. The molecule has 2 heterocycles. The maximum absolute atomic E-state index is 11.9. The molecular formula is C14H21N5O. The smallest absolute Gasteiger partial charge is 0.252 e. The highest BCUT2D eigenvalue weighted by Crippen LogP contribution is 2.15. The number of amides is 1. The van der Waals surface area contributed by atoms with Gasteiger partial charge in [0.15, 0.2) is 0 Å². The zero-order valence-corrected chi connectivity index (χ0v) is 12.7. The van der Waals surface area contributed by atoms with Crippen LogP contribution in [-0.2, 0) is 11.2 Å². The van der Waals surface area contributed by atoms with Crippen molar-refractivity contribution in [3.05, 3.63) is 23.3 Å². The van der Waals surface area contributed by atoms with Crippen LogP contribution in [0.5, 0.6) is 0 Å². The van der Waals surface area contributed by atoms with Crippen LogP contribution in [0.1, 0.15) is 44.1 Å². The van der Waals surface area contributed by atoms with E-state index in [2.05, 4.69) is 20.4 Å². The van der Waals surface area contributed by atoms with E-state index in [1.807, 2.05) is 34.6 Å². The summed E-state index contributed by atoms with van der Waals surface area (Å²) in [6.07, 6.45) is 2.59. The molecule has 0 aliphatic carbocycles. The Balaban J connectivity index is 2.16. The molecule has 0 aromatic carbocycles. The Bertz CT molecular complexity index is 639. The molecule has 6 heteroatoms. The predicted molar refractivity (Wildman–Crippen MR) is 76.5 cm³/mol. The van der Waals surface area contributed by atoms with Crippen molar-refractivity contribution < 1.29 is 4.79 Å². The molecule has 0 bridgehead atoms. The van der Waals surface area contributed by atoms with Gasteiger partial charge in [-0.15, -0.1) is 0 Å². The van der Waals surface area contributed by atoms with Crippen molar-refractivity contribution in [2.75, 3.05) is 0 Å². The van der Waals surface area contributed by atoms with Gasteiger partial charge in [0.1, 0.15) is 6.33 Å². The van der Waals surface area contributed by atoms with Gasteiger partial charge in [-0.05, 0) is 46.6 Å². The minimum Gasteiger partial charge on any atom is -0.351 e. The highest BCUT2D eigenvalue weighted by Gasteiger charge is 2.16. The van der Waals surface area contributed by atoms with Crippen LogP contribution >= 0.6 is 0 Å². The summed E-state index contributed by atoms with van der Waals surface area (Å²) >= 11 is 0. The average Bonchev–Trinajstić information content (AvgIpc) is 2.74. The third-order valence-corrected chi connectivity index (χ3v) is 3.11. The van der Waals surface area contributed by atoms with Crippen molar-refractivity contribution in [2.24, 2.45) is 0 Å². The van der Waals surface area contributed by atoms with Gasteiger partial charge in [0.05, 0.1) is 0 Å². The van der Waals surface area contributed by atoms with Crippen molar-refractivity contribution in [1.82, 2.24) is 24.9 Å². The van der Waals surface area contributed by atoms with Crippen LogP contribution < -0.4 is 5.32 Å². The van der Waals surface area contributed by atoms with Gasteiger partial charge in [0, 0.05) is 23.3 Å². The van der Waals surface area contributed by atoms with Crippen LogP contribution in [0.3, 0.4) is 0 Å². The van der Waals surface area contributed by atoms with Crippen molar-refractivity contribution >= 4 is 11.7 Å². The summed E-state index contributed by atoms with van der Waals surface area (Å²) in [5.41, 5.74) is 2.77. The lowest BCUT2D eigenvalue weighted by Crippen LogP contribution is -2.40. The van der Waals surface area contributed by atoms with Crippen LogP contribution in [0.2, 0.25) is 0 Å². The van der Waals surface area contributed by atoms with Gasteiger partial charge in [0.25, 0.3) is 5.78 Å². The summed E-state index contributed by atoms with van der Waals surface area (Å²) in [5, 5.41) is 7.12. The summed E-state index contributed by atoms with van der Waals surface area (Å²) in [7, 11) is 0. The van der Waals surface area contributed by atoms with Crippen LogP contribution in [0.15, 0.2) is 6.33 Å². The Hall–Kier alpha value is -1.98. The lowest BCUT2D eigenvalue weighted by Gasteiger charge is -2.20. The Morgan fingerprint density at radius 2 is 2.05 bits per heavy atom. The van der Waals surface area contributed by atoms with E-state index in [1.54, 1.807) is 4.52 Å².